The van der Waals surface area contributed by atoms with E-state index < -0.39 is 17.5 Å². The molecule has 0 aromatic carbocycles. The predicted molar refractivity (Wildman–Crippen MR) is 110 cm³/mol. The summed E-state index contributed by atoms with van der Waals surface area (Å²) in [5.41, 5.74) is 11.4. The molecule has 2 heterocycles. The van der Waals surface area contributed by atoms with Gasteiger partial charge >= 0.3 is 0 Å². The first-order chi connectivity index (χ1) is 13.6. The van der Waals surface area contributed by atoms with Crippen molar-refractivity contribution in [1.29, 1.82) is 0 Å². The Hall–Kier alpha value is -3.01. The number of nitrogens with zero attached hydrogens (tertiary/aromatic N) is 2. The molecule has 2 aromatic rings. The Morgan fingerprint density at radius 2 is 1.79 bits per heavy atom. The third-order valence-corrected chi connectivity index (χ3v) is 4.26. The molecule has 1 amide bonds. The molecule has 29 heavy (non-hydrogen) atoms. The lowest BCUT2D eigenvalue weighted by Crippen LogP contribution is -2.39. The normalized spacial score (nSPS) is 13.1. The zero-order valence-electron chi connectivity index (χ0n) is 16.9. The SMILES string of the molecule is CNc1ncc(Nc2nc(N[C@H](CC(C)C)[C@H](C)N)c(F)cc2C(N)=O)cc1F. The average Bonchev–Trinajstić information content (AvgIpc) is 2.63. The van der Waals surface area contributed by atoms with Gasteiger partial charge in [-0.3, -0.25) is 4.79 Å². The predicted octanol–water partition coefficient (Wildman–Crippen LogP) is 2.81. The van der Waals surface area contributed by atoms with Crippen LogP contribution in [0, 0.1) is 17.6 Å². The standard InChI is InChI=1S/C19H27F2N7O/c1-9(2)5-15(10(3)22)27-19-14(21)7-12(16(23)29)17(28-19)26-11-6-13(20)18(24-4)25-8-11/h6-10,15H,5,22H2,1-4H3,(H2,23,29)(H,24,25)(H2,26,27,28)/t10-,15+/m0/s1. The second-order valence-corrected chi connectivity index (χ2v) is 7.25. The Labute approximate surface area is 168 Å². The van der Waals surface area contributed by atoms with Gasteiger partial charge in [0.2, 0.25) is 0 Å². The molecule has 158 valence electrons. The van der Waals surface area contributed by atoms with Gasteiger partial charge in [0.15, 0.2) is 23.3 Å². The maximum absolute atomic E-state index is 14.6. The molecular weight excluding hydrogens is 380 g/mol. The van der Waals surface area contributed by atoms with E-state index in [1.54, 1.807) is 0 Å². The quantitative estimate of drug-likeness (QED) is 0.432. The van der Waals surface area contributed by atoms with Crippen LogP contribution in [0.3, 0.4) is 0 Å². The molecule has 8 nitrogen and oxygen atoms in total. The maximum atomic E-state index is 14.6. The number of nitrogens with one attached hydrogen (secondary N) is 3. The molecule has 0 unspecified atom stereocenters. The highest BCUT2D eigenvalue weighted by atomic mass is 19.1. The number of aromatic nitrogens is 2. The molecule has 0 saturated heterocycles. The zero-order valence-corrected chi connectivity index (χ0v) is 16.9. The summed E-state index contributed by atoms with van der Waals surface area (Å²) in [5, 5.41) is 8.38. The lowest BCUT2D eigenvalue weighted by atomic mass is 9.99. The molecule has 0 aliphatic carbocycles. The molecular formula is C19H27F2N7O. The van der Waals surface area contributed by atoms with Crippen molar-refractivity contribution < 1.29 is 13.6 Å². The topological polar surface area (TPSA) is 131 Å². The van der Waals surface area contributed by atoms with Gasteiger partial charge in [-0.2, -0.15) is 0 Å². The first kappa shape index (κ1) is 22.3. The number of nitrogens with two attached hydrogens (primary N) is 2. The van der Waals surface area contributed by atoms with Crippen LogP contribution >= 0.6 is 0 Å². The maximum Gasteiger partial charge on any atom is 0.252 e. The third kappa shape index (κ3) is 5.74. The first-order valence-corrected chi connectivity index (χ1v) is 9.25. The van der Waals surface area contributed by atoms with Crippen LogP contribution in [0.25, 0.3) is 0 Å². The van der Waals surface area contributed by atoms with Gasteiger partial charge in [0, 0.05) is 25.2 Å². The van der Waals surface area contributed by atoms with E-state index in [0.29, 0.717) is 12.3 Å². The van der Waals surface area contributed by atoms with Gasteiger partial charge < -0.3 is 27.4 Å². The molecule has 2 rings (SSSR count). The number of amides is 1. The lowest BCUT2D eigenvalue weighted by Gasteiger charge is -2.25. The largest absolute Gasteiger partial charge is 0.371 e. The zero-order chi connectivity index (χ0) is 21.7. The van der Waals surface area contributed by atoms with Gasteiger partial charge in [-0.25, -0.2) is 18.7 Å². The minimum atomic E-state index is -0.878. The van der Waals surface area contributed by atoms with Gasteiger partial charge in [0.1, 0.15) is 5.82 Å². The molecule has 0 bridgehead atoms. The van der Waals surface area contributed by atoms with E-state index in [1.807, 2.05) is 20.8 Å². The van der Waals surface area contributed by atoms with E-state index in [1.165, 1.54) is 19.3 Å². The van der Waals surface area contributed by atoms with Crippen LogP contribution in [0.1, 0.15) is 37.6 Å². The van der Waals surface area contributed by atoms with Crippen LogP contribution in [0.5, 0.6) is 0 Å². The summed E-state index contributed by atoms with van der Waals surface area (Å²) >= 11 is 0. The van der Waals surface area contributed by atoms with E-state index in [9.17, 15) is 13.6 Å². The van der Waals surface area contributed by atoms with Crippen LogP contribution in [0.2, 0.25) is 0 Å². The molecule has 2 aromatic heterocycles. The van der Waals surface area contributed by atoms with Crippen LogP contribution in [0.4, 0.5) is 31.9 Å². The molecule has 2 atom stereocenters. The number of rotatable bonds is 9. The van der Waals surface area contributed by atoms with Crippen molar-refractivity contribution in [3.63, 3.8) is 0 Å². The Balaban J connectivity index is 2.41. The Bertz CT molecular complexity index is 874. The molecule has 0 radical (unpaired) electrons. The van der Waals surface area contributed by atoms with Crippen molar-refractivity contribution in [3.8, 4) is 0 Å². The fraction of sp³-hybridized carbons (Fsp3) is 0.421. The van der Waals surface area contributed by atoms with Crippen LogP contribution in [0.15, 0.2) is 18.3 Å². The number of anilines is 4. The Morgan fingerprint density at radius 3 is 2.31 bits per heavy atom. The number of carbonyl (C=O) groups is 1. The monoisotopic (exact) mass is 407 g/mol. The molecule has 0 aliphatic rings. The van der Waals surface area contributed by atoms with Crippen molar-refractivity contribution in [2.45, 2.75) is 39.3 Å². The number of carbonyl (C=O) groups excluding carboxylic acids is 1. The Morgan fingerprint density at radius 1 is 1.14 bits per heavy atom. The molecule has 0 saturated carbocycles. The summed E-state index contributed by atoms with van der Waals surface area (Å²) in [6, 6.07) is 1.65. The average molecular weight is 407 g/mol. The molecule has 7 N–H and O–H groups in total. The second-order valence-electron chi connectivity index (χ2n) is 7.25. The summed E-state index contributed by atoms with van der Waals surface area (Å²) in [7, 11) is 1.54. The summed E-state index contributed by atoms with van der Waals surface area (Å²) < 4.78 is 28.5. The van der Waals surface area contributed by atoms with Gasteiger partial charge in [-0.1, -0.05) is 13.8 Å². The highest BCUT2D eigenvalue weighted by Crippen LogP contribution is 2.26. The minimum absolute atomic E-state index is 0.0206. The minimum Gasteiger partial charge on any atom is -0.371 e. The van der Waals surface area contributed by atoms with Gasteiger partial charge in [-0.05, 0) is 25.3 Å². The number of halogens is 2. The van der Waals surface area contributed by atoms with Crippen molar-refractivity contribution in [1.82, 2.24) is 9.97 Å². The van der Waals surface area contributed by atoms with Crippen molar-refractivity contribution in [2.24, 2.45) is 17.4 Å². The number of hydrogen-bond acceptors (Lipinski definition) is 7. The molecule has 0 spiro atoms. The molecule has 0 fully saturated rings. The van der Waals surface area contributed by atoms with E-state index in [-0.39, 0.29) is 40.8 Å². The third-order valence-electron chi connectivity index (χ3n) is 4.26. The molecule has 0 aliphatic heterocycles. The van der Waals surface area contributed by atoms with Crippen LogP contribution in [-0.2, 0) is 0 Å². The smallest absolute Gasteiger partial charge is 0.252 e. The fourth-order valence-electron chi connectivity index (χ4n) is 2.79. The molecule has 10 heteroatoms. The van der Waals surface area contributed by atoms with Gasteiger partial charge in [0.25, 0.3) is 5.91 Å². The van der Waals surface area contributed by atoms with E-state index in [2.05, 4.69) is 25.9 Å². The summed E-state index contributed by atoms with van der Waals surface area (Å²) in [6.45, 7) is 5.87. The first-order valence-electron chi connectivity index (χ1n) is 9.25. The number of pyridine rings is 2. The van der Waals surface area contributed by atoms with Crippen molar-refractivity contribution in [3.05, 3.63) is 35.5 Å². The van der Waals surface area contributed by atoms with E-state index >= 15 is 0 Å². The summed E-state index contributed by atoms with van der Waals surface area (Å²) in [6.07, 6.45) is 2.04. The van der Waals surface area contributed by atoms with Crippen LogP contribution in [-0.4, -0.2) is 35.0 Å². The fourth-order valence-corrected chi connectivity index (χ4v) is 2.79. The van der Waals surface area contributed by atoms with Crippen molar-refractivity contribution >= 4 is 29.0 Å². The summed E-state index contributed by atoms with van der Waals surface area (Å²) in [5.74, 6) is -1.94. The summed E-state index contributed by atoms with van der Waals surface area (Å²) in [4.78, 5) is 19.8. The second kappa shape index (κ2) is 9.46. The Kier molecular flexibility index (Phi) is 7.27. The van der Waals surface area contributed by atoms with Gasteiger partial charge in [-0.15, -0.1) is 0 Å². The van der Waals surface area contributed by atoms with E-state index in [0.717, 1.165) is 6.07 Å². The van der Waals surface area contributed by atoms with Crippen LogP contribution < -0.4 is 27.4 Å². The highest BCUT2D eigenvalue weighted by Gasteiger charge is 2.21. The number of hydrogen-bond donors (Lipinski definition) is 5. The van der Waals surface area contributed by atoms with Crippen molar-refractivity contribution in [2.75, 3.05) is 23.0 Å². The number of primary amides is 1. The lowest BCUT2D eigenvalue weighted by molar-refractivity contribution is 0.100. The highest BCUT2D eigenvalue weighted by molar-refractivity contribution is 5.98. The van der Waals surface area contributed by atoms with Gasteiger partial charge in [0.05, 0.1) is 17.4 Å². The van der Waals surface area contributed by atoms with E-state index in [4.69, 9.17) is 11.5 Å².